The third-order valence-electron chi connectivity index (χ3n) is 2.24. The van der Waals surface area contributed by atoms with Crippen LogP contribution in [0.4, 0.5) is 14.5 Å². The van der Waals surface area contributed by atoms with E-state index < -0.39 is 11.6 Å². The summed E-state index contributed by atoms with van der Waals surface area (Å²) in [6, 6.07) is 3.75. The van der Waals surface area contributed by atoms with E-state index in [9.17, 15) is 8.78 Å². The lowest BCUT2D eigenvalue weighted by molar-refractivity contribution is 0.405. The molecule has 0 fully saturated rings. The molecule has 0 aliphatic carbocycles. The Bertz CT molecular complexity index is 337. The maximum absolute atomic E-state index is 12.8. The van der Waals surface area contributed by atoms with Gasteiger partial charge in [0.1, 0.15) is 0 Å². The Kier molecular flexibility index (Phi) is 3.63. The Morgan fingerprint density at radius 3 is 2.47 bits per heavy atom. The number of nitrogens with one attached hydrogen (secondary N) is 1. The molecule has 0 amide bonds. The molecule has 0 heterocycles. The third kappa shape index (κ3) is 3.47. The number of rotatable bonds is 4. The van der Waals surface area contributed by atoms with Crippen molar-refractivity contribution in [2.75, 3.05) is 18.4 Å². The van der Waals surface area contributed by atoms with Gasteiger partial charge < -0.3 is 11.1 Å². The van der Waals surface area contributed by atoms with Gasteiger partial charge in [0.25, 0.3) is 0 Å². The van der Waals surface area contributed by atoms with Crippen LogP contribution in [0.15, 0.2) is 18.2 Å². The molecule has 0 aliphatic rings. The smallest absolute Gasteiger partial charge is 0.160 e. The van der Waals surface area contributed by atoms with Crippen LogP contribution in [0, 0.1) is 17.0 Å². The highest BCUT2D eigenvalue weighted by Gasteiger charge is 2.15. The summed E-state index contributed by atoms with van der Waals surface area (Å²) in [5.41, 5.74) is 6.05. The lowest BCUT2D eigenvalue weighted by atomic mass is 9.94. The fourth-order valence-electron chi connectivity index (χ4n) is 1.02. The molecular weight excluding hydrogens is 198 g/mol. The molecule has 0 saturated heterocycles. The highest BCUT2D eigenvalue weighted by atomic mass is 19.2. The van der Waals surface area contributed by atoms with Crippen LogP contribution in [0.25, 0.3) is 0 Å². The number of nitrogens with two attached hydrogens (primary N) is 1. The molecule has 1 aromatic carbocycles. The van der Waals surface area contributed by atoms with Crippen LogP contribution < -0.4 is 11.1 Å². The topological polar surface area (TPSA) is 38.0 Å². The van der Waals surface area contributed by atoms with Gasteiger partial charge in [0, 0.05) is 12.2 Å². The molecule has 15 heavy (non-hydrogen) atoms. The first-order valence-electron chi connectivity index (χ1n) is 4.83. The Morgan fingerprint density at radius 2 is 1.93 bits per heavy atom. The number of hydrogen-bond acceptors (Lipinski definition) is 2. The van der Waals surface area contributed by atoms with Crippen LogP contribution in [0.5, 0.6) is 0 Å². The molecule has 4 heteroatoms. The molecule has 3 N–H and O–H groups in total. The van der Waals surface area contributed by atoms with Gasteiger partial charge in [-0.3, -0.25) is 0 Å². The second-order valence-corrected chi connectivity index (χ2v) is 4.35. The average Bonchev–Trinajstić information content (AvgIpc) is 2.20. The van der Waals surface area contributed by atoms with E-state index in [0.29, 0.717) is 18.8 Å². The lowest BCUT2D eigenvalue weighted by Crippen LogP contribution is -2.31. The largest absolute Gasteiger partial charge is 0.384 e. The van der Waals surface area contributed by atoms with Gasteiger partial charge in [0.05, 0.1) is 0 Å². The fraction of sp³-hybridized carbons (Fsp3) is 0.455. The van der Waals surface area contributed by atoms with Gasteiger partial charge in [-0.1, -0.05) is 13.8 Å². The van der Waals surface area contributed by atoms with E-state index in [1.165, 1.54) is 6.07 Å². The van der Waals surface area contributed by atoms with Gasteiger partial charge in [-0.2, -0.15) is 0 Å². The minimum Gasteiger partial charge on any atom is -0.384 e. The molecule has 2 nitrogen and oxygen atoms in total. The summed E-state index contributed by atoms with van der Waals surface area (Å²) in [5, 5.41) is 3.02. The van der Waals surface area contributed by atoms with Crippen molar-refractivity contribution < 1.29 is 8.78 Å². The first-order valence-corrected chi connectivity index (χ1v) is 4.83. The third-order valence-corrected chi connectivity index (χ3v) is 2.24. The number of benzene rings is 1. The average molecular weight is 214 g/mol. The molecule has 0 atom stereocenters. The summed E-state index contributed by atoms with van der Waals surface area (Å²) in [5.74, 6) is -1.68. The van der Waals surface area contributed by atoms with E-state index in [0.717, 1.165) is 12.1 Å². The van der Waals surface area contributed by atoms with Crippen molar-refractivity contribution in [2.24, 2.45) is 11.1 Å². The molecule has 0 aromatic heterocycles. The van der Waals surface area contributed by atoms with E-state index in [1.54, 1.807) is 0 Å². The normalized spacial score (nSPS) is 11.5. The minimum atomic E-state index is -0.842. The molecule has 0 spiro atoms. The Hall–Kier alpha value is -1.16. The zero-order chi connectivity index (χ0) is 11.5. The predicted octanol–water partition coefficient (Wildman–Crippen LogP) is 2.36. The van der Waals surface area contributed by atoms with Crippen molar-refractivity contribution in [1.29, 1.82) is 0 Å². The fourth-order valence-corrected chi connectivity index (χ4v) is 1.02. The van der Waals surface area contributed by atoms with Crippen LogP contribution in [-0.4, -0.2) is 13.1 Å². The van der Waals surface area contributed by atoms with Crippen molar-refractivity contribution in [3.05, 3.63) is 29.8 Å². The first kappa shape index (κ1) is 11.9. The van der Waals surface area contributed by atoms with Crippen LogP contribution >= 0.6 is 0 Å². The molecule has 0 radical (unpaired) electrons. The summed E-state index contributed by atoms with van der Waals surface area (Å²) in [6.07, 6.45) is 0. The van der Waals surface area contributed by atoms with E-state index in [4.69, 9.17) is 5.73 Å². The SMILES string of the molecule is CC(C)(CN)CNc1ccc(F)c(F)c1. The summed E-state index contributed by atoms with van der Waals surface area (Å²) in [6.45, 7) is 5.15. The summed E-state index contributed by atoms with van der Waals surface area (Å²) in [4.78, 5) is 0. The number of halogens is 2. The summed E-state index contributed by atoms with van der Waals surface area (Å²) in [7, 11) is 0. The van der Waals surface area contributed by atoms with Crippen molar-refractivity contribution in [2.45, 2.75) is 13.8 Å². The molecule has 0 bridgehead atoms. The molecule has 1 rings (SSSR count). The first-order chi connectivity index (χ1) is 6.94. The molecule has 0 unspecified atom stereocenters. The van der Waals surface area contributed by atoms with Crippen LogP contribution in [0.3, 0.4) is 0 Å². The second-order valence-electron chi connectivity index (χ2n) is 4.35. The van der Waals surface area contributed by atoms with Crippen molar-refractivity contribution in [3.8, 4) is 0 Å². The Morgan fingerprint density at radius 1 is 1.27 bits per heavy atom. The molecular formula is C11H16F2N2. The molecule has 84 valence electrons. The van der Waals surface area contributed by atoms with Crippen LogP contribution in [0.1, 0.15) is 13.8 Å². The highest BCUT2D eigenvalue weighted by molar-refractivity contribution is 5.43. The van der Waals surface area contributed by atoms with E-state index >= 15 is 0 Å². The molecule has 1 aromatic rings. The highest BCUT2D eigenvalue weighted by Crippen LogP contribution is 2.17. The van der Waals surface area contributed by atoms with E-state index in [-0.39, 0.29) is 5.41 Å². The van der Waals surface area contributed by atoms with Gasteiger partial charge in [-0.25, -0.2) is 8.78 Å². The van der Waals surface area contributed by atoms with Gasteiger partial charge >= 0.3 is 0 Å². The van der Waals surface area contributed by atoms with Crippen molar-refractivity contribution >= 4 is 5.69 Å². The van der Waals surface area contributed by atoms with E-state index in [2.05, 4.69) is 5.32 Å². The lowest BCUT2D eigenvalue weighted by Gasteiger charge is -2.23. The zero-order valence-corrected chi connectivity index (χ0v) is 8.98. The van der Waals surface area contributed by atoms with E-state index in [1.807, 2.05) is 13.8 Å². The van der Waals surface area contributed by atoms with Crippen molar-refractivity contribution in [3.63, 3.8) is 0 Å². The predicted molar refractivity (Wildman–Crippen MR) is 57.7 cm³/mol. The van der Waals surface area contributed by atoms with Gasteiger partial charge in [0.15, 0.2) is 11.6 Å². The Labute approximate surface area is 88.5 Å². The van der Waals surface area contributed by atoms with Gasteiger partial charge in [-0.05, 0) is 30.2 Å². The van der Waals surface area contributed by atoms with Gasteiger partial charge in [0.2, 0.25) is 0 Å². The molecule has 0 aliphatic heterocycles. The van der Waals surface area contributed by atoms with Crippen molar-refractivity contribution in [1.82, 2.24) is 0 Å². The summed E-state index contributed by atoms with van der Waals surface area (Å²) >= 11 is 0. The maximum Gasteiger partial charge on any atom is 0.160 e. The number of hydrogen-bond donors (Lipinski definition) is 2. The monoisotopic (exact) mass is 214 g/mol. The molecule has 0 saturated carbocycles. The second kappa shape index (κ2) is 4.57. The number of anilines is 1. The standard InChI is InChI=1S/C11H16F2N2/c1-11(2,6-14)7-15-8-3-4-9(12)10(13)5-8/h3-5,15H,6-7,14H2,1-2H3. The minimum absolute atomic E-state index is 0.0646. The Balaban J connectivity index is 2.62. The van der Waals surface area contributed by atoms with Crippen LogP contribution in [0.2, 0.25) is 0 Å². The maximum atomic E-state index is 12.8. The zero-order valence-electron chi connectivity index (χ0n) is 8.98. The van der Waals surface area contributed by atoms with Gasteiger partial charge in [-0.15, -0.1) is 0 Å². The summed E-state index contributed by atoms with van der Waals surface area (Å²) < 4.78 is 25.5. The quantitative estimate of drug-likeness (QED) is 0.807. The van der Waals surface area contributed by atoms with Crippen LogP contribution in [-0.2, 0) is 0 Å².